The van der Waals surface area contributed by atoms with Crippen LogP contribution in [0.25, 0.3) is 60.0 Å². The summed E-state index contributed by atoms with van der Waals surface area (Å²) in [6.07, 6.45) is 12.7. The van der Waals surface area contributed by atoms with Crippen LogP contribution in [0.4, 0.5) is 0 Å². The minimum Gasteiger partial charge on any atom is -0.136 e. The van der Waals surface area contributed by atoms with Gasteiger partial charge in [0.25, 0.3) is 0 Å². The van der Waals surface area contributed by atoms with Gasteiger partial charge >= 0.3 is 0 Å². The van der Waals surface area contributed by atoms with Crippen LogP contribution in [-0.2, 0) is 6.42 Å². The van der Waals surface area contributed by atoms with Crippen molar-refractivity contribution in [3.8, 4) is 11.1 Å². The van der Waals surface area contributed by atoms with Crippen molar-refractivity contribution in [2.24, 2.45) is 0 Å². The lowest BCUT2D eigenvalue weighted by atomic mass is 9.83. The molecule has 0 spiro atoms. The first-order chi connectivity index (χ1) is 18.9. The van der Waals surface area contributed by atoms with Crippen LogP contribution in [0.3, 0.4) is 0 Å². The standard InChI is InChI=1S/C37H26S/c1-2-11-24(12-3-1)26-18-10-19-28(26)37-31-16-6-4-14-29(31)36(30-15-5-7-17-32(30)37)25-21-22-35-33(23-25)27-13-8-9-20-34(27)38-35/h1-7,9,11-12,14-23H,8,10,13H2. The van der Waals surface area contributed by atoms with Gasteiger partial charge in [0.1, 0.15) is 0 Å². The van der Waals surface area contributed by atoms with E-state index in [1.807, 2.05) is 11.3 Å². The topological polar surface area (TPSA) is 0 Å². The Kier molecular flexibility index (Phi) is 4.99. The zero-order valence-electron chi connectivity index (χ0n) is 21.1. The number of hydrogen-bond donors (Lipinski definition) is 0. The molecule has 1 heteroatoms. The Labute approximate surface area is 226 Å². The molecule has 2 aliphatic rings. The monoisotopic (exact) mass is 502 g/mol. The lowest BCUT2D eigenvalue weighted by Crippen LogP contribution is -1.95. The Morgan fingerprint density at radius 1 is 0.553 bits per heavy atom. The molecule has 2 aliphatic carbocycles. The highest BCUT2D eigenvalue weighted by Gasteiger charge is 2.22. The van der Waals surface area contributed by atoms with Crippen LogP contribution in [0, 0.1) is 0 Å². The van der Waals surface area contributed by atoms with E-state index in [1.165, 1.54) is 75.5 Å². The minimum atomic E-state index is 0.971. The summed E-state index contributed by atoms with van der Waals surface area (Å²) in [6.45, 7) is 0. The second kappa shape index (κ2) is 8.68. The molecule has 0 bridgehead atoms. The predicted molar refractivity (Wildman–Crippen MR) is 167 cm³/mol. The molecule has 1 aromatic heterocycles. The van der Waals surface area contributed by atoms with Crippen LogP contribution in [0.15, 0.2) is 115 Å². The van der Waals surface area contributed by atoms with Gasteiger partial charge in [-0.3, -0.25) is 0 Å². The summed E-state index contributed by atoms with van der Waals surface area (Å²) in [5.74, 6) is 0. The van der Waals surface area contributed by atoms with Crippen LogP contribution in [0.5, 0.6) is 0 Å². The molecular weight excluding hydrogens is 476 g/mol. The van der Waals surface area contributed by atoms with Gasteiger partial charge in [-0.2, -0.15) is 0 Å². The molecular formula is C37H26S. The van der Waals surface area contributed by atoms with Crippen LogP contribution in [-0.4, -0.2) is 0 Å². The maximum atomic E-state index is 2.46. The number of rotatable bonds is 3. The molecule has 5 aromatic carbocycles. The molecule has 0 amide bonds. The van der Waals surface area contributed by atoms with Crippen molar-refractivity contribution in [1.82, 2.24) is 0 Å². The maximum Gasteiger partial charge on any atom is 0.0352 e. The van der Waals surface area contributed by atoms with Crippen LogP contribution in [0.1, 0.15) is 34.4 Å². The highest BCUT2D eigenvalue weighted by molar-refractivity contribution is 7.20. The summed E-state index contributed by atoms with van der Waals surface area (Å²) >= 11 is 1.93. The Balaban J connectivity index is 1.42. The Hall–Kier alpha value is -4.20. The molecule has 180 valence electrons. The second-order valence-corrected chi connectivity index (χ2v) is 11.4. The molecule has 0 radical (unpaired) electrons. The first-order valence-electron chi connectivity index (χ1n) is 13.5. The van der Waals surface area contributed by atoms with Gasteiger partial charge < -0.3 is 0 Å². The summed E-state index contributed by atoms with van der Waals surface area (Å²) in [7, 11) is 0. The van der Waals surface area contributed by atoms with Crippen molar-refractivity contribution in [3.63, 3.8) is 0 Å². The summed E-state index contributed by atoms with van der Waals surface area (Å²) in [5.41, 5.74) is 9.51. The Bertz CT molecular complexity index is 1920. The molecule has 38 heavy (non-hydrogen) atoms. The SMILES string of the molecule is C1=Cc2sc3ccc(-c4c5ccccc5c(C5=CCC=C5c5ccccc5)c5ccccc45)cc3c2CC1. The van der Waals surface area contributed by atoms with E-state index in [-0.39, 0.29) is 0 Å². The fourth-order valence-electron chi connectivity index (χ4n) is 6.51. The van der Waals surface area contributed by atoms with Gasteiger partial charge in [0.15, 0.2) is 0 Å². The van der Waals surface area contributed by atoms with Crippen molar-refractivity contribution in [1.29, 1.82) is 0 Å². The first-order valence-corrected chi connectivity index (χ1v) is 14.3. The van der Waals surface area contributed by atoms with E-state index < -0.39 is 0 Å². The summed E-state index contributed by atoms with van der Waals surface area (Å²) < 4.78 is 1.39. The van der Waals surface area contributed by atoms with Gasteiger partial charge in [-0.1, -0.05) is 103 Å². The molecule has 0 atom stereocenters. The van der Waals surface area contributed by atoms with E-state index in [2.05, 4.69) is 121 Å². The van der Waals surface area contributed by atoms with E-state index in [1.54, 1.807) is 0 Å². The van der Waals surface area contributed by atoms with Gasteiger partial charge in [-0.05, 0) is 103 Å². The number of benzene rings is 5. The third-order valence-electron chi connectivity index (χ3n) is 8.16. The van der Waals surface area contributed by atoms with Crippen molar-refractivity contribution in [2.75, 3.05) is 0 Å². The fraction of sp³-hybridized carbons (Fsp3) is 0.0811. The van der Waals surface area contributed by atoms with E-state index in [0.29, 0.717) is 0 Å². The second-order valence-electron chi connectivity index (χ2n) is 10.3. The molecule has 6 aromatic rings. The van der Waals surface area contributed by atoms with Crippen LogP contribution in [0.2, 0.25) is 0 Å². The van der Waals surface area contributed by atoms with Crippen molar-refractivity contribution < 1.29 is 0 Å². The first kappa shape index (κ1) is 21.8. The molecule has 0 saturated carbocycles. The van der Waals surface area contributed by atoms with Gasteiger partial charge in [0, 0.05) is 9.58 Å². The average Bonchev–Trinajstić information content (AvgIpc) is 3.61. The zero-order valence-corrected chi connectivity index (χ0v) is 21.9. The summed E-state index contributed by atoms with van der Waals surface area (Å²) in [6, 6.07) is 36.0. The normalized spacial score (nSPS) is 14.7. The van der Waals surface area contributed by atoms with Gasteiger partial charge in [-0.25, -0.2) is 0 Å². The fourth-order valence-corrected chi connectivity index (χ4v) is 7.67. The number of fused-ring (bicyclic) bond motifs is 5. The molecule has 0 fully saturated rings. The zero-order chi connectivity index (χ0) is 25.1. The number of hydrogen-bond acceptors (Lipinski definition) is 1. The highest BCUT2D eigenvalue weighted by Crippen LogP contribution is 2.47. The molecule has 0 unspecified atom stereocenters. The molecule has 8 rings (SSSR count). The number of aryl methyl sites for hydroxylation is 1. The van der Waals surface area contributed by atoms with Gasteiger partial charge in [-0.15, -0.1) is 11.3 Å². The number of thiophene rings is 1. The molecule has 0 saturated heterocycles. The van der Waals surface area contributed by atoms with Crippen molar-refractivity contribution in [2.45, 2.75) is 19.3 Å². The highest BCUT2D eigenvalue weighted by atomic mass is 32.1. The molecule has 0 nitrogen and oxygen atoms in total. The Morgan fingerprint density at radius 2 is 1.21 bits per heavy atom. The lowest BCUT2D eigenvalue weighted by molar-refractivity contribution is 1.01. The third-order valence-corrected chi connectivity index (χ3v) is 9.34. The van der Waals surface area contributed by atoms with E-state index in [9.17, 15) is 0 Å². The van der Waals surface area contributed by atoms with Crippen molar-refractivity contribution >= 4 is 60.2 Å². The number of allylic oxidation sites excluding steroid dienone is 5. The third kappa shape index (κ3) is 3.29. The van der Waals surface area contributed by atoms with Gasteiger partial charge in [0.2, 0.25) is 0 Å². The predicted octanol–water partition coefficient (Wildman–Crippen LogP) is 10.7. The molecule has 1 heterocycles. The largest absolute Gasteiger partial charge is 0.136 e. The van der Waals surface area contributed by atoms with Gasteiger partial charge in [0.05, 0.1) is 0 Å². The lowest BCUT2D eigenvalue weighted by Gasteiger charge is -2.20. The summed E-state index contributed by atoms with van der Waals surface area (Å²) in [4.78, 5) is 1.43. The molecule has 0 N–H and O–H groups in total. The minimum absolute atomic E-state index is 0.971. The molecule has 0 aliphatic heterocycles. The van der Waals surface area contributed by atoms with E-state index >= 15 is 0 Å². The smallest absolute Gasteiger partial charge is 0.0352 e. The van der Waals surface area contributed by atoms with Crippen LogP contribution >= 0.6 is 11.3 Å². The van der Waals surface area contributed by atoms with Crippen molar-refractivity contribution in [3.05, 3.63) is 137 Å². The van der Waals surface area contributed by atoms with E-state index in [0.717, 1.165) is 19.3 Å². The Morgan fingerprint density at radius 3 is 1.95 bits per heavy atom. The maximum absolute atomic E-state index is 2.46. The quantitative estimate of drug-likeness (QED) is 0.211. The average molecular weight is 503 g/mol. The van der Waals surface area contributed by atoms with Crippen LogP contribution < -0.4 is 0 Å². The van der Waals surface area contributed by atoms with E-state index in [4.69, 9.17) is 0 Å². The summed E-state index contributed by atoms with van der Waals surface area (Å²) in [5, 5.41) is 6.73.